The molecule has 0 saturated carbocycles. The van der Waals surface area contributed by atoms with Crippen LogP contribution in [0.15, 0.2) is 24.3 Å². The minimum absolute atomic E-state index is 0.248. The molecule has 0 bridgehead atoms. The first-order valence-corrected chi connectivity index (χ1v) is 8.13. The summed E-state index contributed by atoms with van der Waals surface area (Å²) in [6, 6.07) is 5.19. The Balaban J connectivity index is 1.94. The van der Waals surface area contributed by atoms with E-state index in [1.54, 1.807) is 6.92 Å². The van der Waals surface area contributed by atoms with Crippen molar-refractivity contribution in [1.29, 1.82) is 0 Å². The van der Waals surface area contributed by atoms with Gasteiger partial charge in [-0.2, -0.15) is 0 Å². The van der Waals surface area contributed by atoms with Crippen LogP contribution in [0.1, 0.15) is 13.3 Å². The molecule has 1 heterocycles. The summed E-state index contributed by atoms with van der Waals surface area (Å²) in [7, 11) is 0. The Labute approximate surface area is 153 Å². The molecule has 0 aromatic heterocycles. The van der Waals surface area contributed by atoms with Gasteiger partial charge in [0.15, 0.2) is 0 Å². The Morgan fingerprint density at radius 3 is 2.44 bits per heavy atom. The van der Waals surface area contributed by atoms with E-state index >= 15 is 0 Å². The number of nitrogens with one attached hydrogen (secondary N) is 1. The lowest BCUT2D eigenvalue weighted by atomic mass is 10.1. The van der Waals surface area contributed by atoms with Crippen LogP contribution in [0.3, 0.4) is 0 Å². The lowest BCUT2D eigenvalue weighted by Crippen LogP contribution is -2.55. The van der Waals surface area contributed by atoms with Crippen molar-refractivity contribution in [1.82, 2.24) is 10.4 Å². The number of ether oxygens (including phenoxy) is 1. The van der Waals surface area contributed by atoms with Crippen LogP contribution in [0.5, 0.6) is 5.75 Å². The monoisotopic (exact) mass is 391 g/mol. The second-order valence-electron chi connectivity index (χ2n) is 6.12. The van der Waals surface area contributed by atoms with Gasteiger partial charge in [-0.25, -0.2) is 5.48 Å². The number of benzene rings is 1. The molecule has 1 aliphatic rings. The molecule has 1 saturated heterocycles. The highest BCUT2D eigenvalue weighted by Crippen LogP contribution is 2.26. The zero-order valence-corrected chi connectivity index (χ0v) is 14.4. The van der Waals surface area contributed by atoms with Crippen LogP contribution in [0.25, 0.3) is 0 Å². The fourth-order valence-electron chi connectivity index (χ4n) is 2.87. The maximum Gasteiger partial charge on any atom is 0.573 e. The molecular weight excluding hydrogens is 371 g/mol. The highest BCUT2D eigenvalue weighted by Gasteiger charge is 2.32. The molecule has 1 aromatic carbocycles. The predicted octanol–water partition coefficient (Wildman–Crippen LogP) is 0.879. The molecule has 3 N–H and O–H groups in total. The van der Waals surface area contributed by atoms with Crippen LogP contribution in [-0.2, 0) is 9.59 Å². The van der Waals surface area contributed by atoms with E-state index in [0.717, 1.165) is 0 Å². The van der Waals surface area contributed by atoms with Gasteiger partial charge in [-0.3, -0.25) is 14.8 Å². The van der Waals surface area contributed by atoms with Crippen molar-refractivity contribution in [2.75, 3.05) is 24.5 Å². The number of alkyl halides is 3. The van der Waals surface area contributed by atoms with Gasteiger partial charge >= 0.3 is 6.36 Å². The number of hydrogen-bond acceptors (Lipinski definition) is 6. The summed E-state index contributed by atoms with van der Waals surface area (Å²) in [5.41, 5.74) is 1.97. The van der Waals surface area contributed by atoms with Crippen molar-refractivity contribution >= 4 is 17.5 Å². The fourth-order valence-corrected chi connectivity index (χ4v) is 2.87. The highest BCUT2D eigenvalue weighted by atomic mass is 19.4. The van der Waals surface area contributed by atoms with E-state index in [-0.39, 0.29) is 11.8 Å². The number of piperazine rings is 1. The molecule has 0 spiro atoms. The van der Waals surface area contributed by atoms with E-state index in [1.807, 2.05) is 4.90 Å². The Hall–Kier alpha value is -2.53. The van der Waals surface area contributed by atoms with Crippen molar-refractivity contribution < 1.29 is 37.8 Å². The quantitative estimate of drug-likeness (QED) is 0.509. The molecule has 11 heteroatoms. The molecular formula is C16H20F3N3O5. The molecule has 1 aromatic rings. The number of halogens is 3. The number of amides is 2. The normalized spacial score (nSPS) is 18.8. The first-order valence-electron chi connectivity index (χ1n) is 8.13. The Morgan fingerprint density at radius 2 is 1.93 bits per heavy atom. The molecule has 0 aliphatic carbocycles. The van der Waals surface area contributed by atoms with Gasteiger partial charge < -0.3 is 19.6 Å². The molecule has 150 valence electrons. The van der Waals surface area contributed by atoms with Gasteiger partial charge in [-0.15, -0.1) is 13.2 Å². The maximum absolute atomic E-state index is 12.2. The van der Waals surface area contributed by atoms with Crippen LogP contribution >= 0.6 is 0 Å². The minimum Gasteiger partial charge on any atom is -0.406 e. The second kappa shape index (κ2) is 8.44. The lowest BCUT2D eigenvalue weighted by molar-refractivity contribution is -0.274. The summed E-state index contributed by atoms with van der Waals surface area (Å²) in [6.45, 7) is 2.95. The van der Waals surface area contributed by atoms with Crippen molar-refractivity contribution in [3.05, 3.63) is 24.3 Å². The summed E-state index contributed by atoms with van der Waals surface area (Å²) in [4.78, 5) is 26.7. The Kier molecular flexibility index (Phi) is 6.50. The van der Waals surface area contributed by atoms with Crippen LogP contribution in [0, 0.1) is 0 Å². The topological polar surface area (TPSA) is 102 Å². The number of hydroxylamine groups is 1. The first kappa shape index (κ1) is 20.8. The Morgan fingerprint density at radius 1 is 1.30 bits per heavy atom. The van der Waals surface area contributed by atoms with Gasteiger partial charge in [0.1, 0.15) is 11.9 Å². The van der Waals surface area contributed by atoms with Crippen molar-refractivity contribution in [2.24, 2.45) is 0 Å². The Bertz CT molecular complexity index is 668. The van der Waals surface area contributed by atoms with E-state index < -0.39 is 30.7 Å². The number of carbonyl (C=O) groups is 2. The molecule has 0 unspecified atom stereocenters. The van der Waals surface area contributed by atoms with Crippen LogP contribution < -0.4 is 15.1 Å². The third-order valence-electron chi connectivity index (χ3n) is 4.16. The summed E-state index contributed by atoms with van der Waals surface area (Å²) in [6.07, 6.45) is -6.85. The van der Waals surface area contributed by atoms with E-state index in [9.17, 15) is 27.9 Å². The third-order valence-corrected chi connectivity index (χ3v) is 4.16. The molecule has 27 heavy (non-hydrogen) atoms. The number of carbonyl (C=O) groups excluding carboxylic acids is 2. The summed E-state index contributed by atoms with van der Waals surface area (Å²) < 4.78 is 40.4. The SMILES string of the molecule is C[C@@H]1CN(c2ccc(OC(F)(F)F)cc2)CCN1C(=O)C[C@H](O)C(=O)NO. The molecule has 2 atom stereocenters. The highest BCUT2D eigenvalue weighted by molar-refractivity contribution is 5.87. The van der Waals surface area contributed by atoms with Crippen LogP contribution in [0.2, 0.25) is 0 Å². The fraction of sp³-hybridized carbons (Fsp3) is 0.500. The molecule has 1 aliphatic heterocycles. The summed E-state index contributed by atoms with van der Waals surface area (Å²) in [5, 5.41) is 18.0. The predicted molar refractivity (Wildman–Crippen MR) is 87.1 cm³/mol. The molecule has 2 rings (SSSR count). The van der Waals surface area contributed by atoms with Gasteiger partial charge in [-0.05, 0) is 31.2 Å². The van der Waals surface area contributed by atoms with Gasteiger partial charge in [0.05, 0.1) is 6.42 Å². The average Bonchev–Trinajstić information content (AvgIpc) is 2.60. The van der Waals surface area contributed by atoms with Gasteiger partial charge in [0, 0.05) is 31.4 Å². The summed E-state index contributed by atoms with van der Waals surface area (Å²) >= 11 is 0. The van der Waals surface area contributed by atoms with Gasteiger partial charge in [-0.1, -0.05) is 0 Å². The van der Waals surface area contributed by atoms with Crippen LogP contribution in [-0.4, -0.2) is 65.2 Å². The summed E-state index contributed by atoms with van der Waals surface area (Å²) in [5.74, 6) is -1.81. The second-order valence-corrected chi connectivity index (χ2v) is 6.12. The maximum atomic E-state index is 12.2. The largest absolute Gasteiger partial charge is 0.573 e. The number of aliphatic hydroxyl groups is 1. The van der Waals surface area contributed by atoms with E-state index in [0.29, 0.717) is 25.3 Å². The lowest BCUT2D eigenvalue weighted by Gasteiger charge is -2.41. The van der Waals surface area contributed by atoms with Gasteiger partial charge in [0.25, 0.3) is 5.91 Å². The third kappa shape index (κ3) is 5.73. The number of rotatable bonds is 5. The van der Waals surface area contributed by atoms with E-state index in [4.69, 9.17) is 5.21 Å². The van der Waals surface area contributed by atoms with Crippen LogP contribution in [0.4, 0.5) is 18.9 Å². The average molecular weight is 391 g/mol. The number of nitrogens with zero attached hydrogens (tertiary/aromatic N) is 2. The van der Waals surface area contributed by atoms with Crippen molar-refractivity contribution in [3.8, 4) is 5.75 Å². The molecule has 8 nitrogen and oxygen atoms in total. The molecule has 2 amide bonds. The number of hydrogen-bond donors (Lipinski definition) is 3. The number of aliphatic hydroxyl groups excluding tert-OH is 1. The number of anilines is 1. The van der Waals surface area contributed by atoms with Crippen molar-refractivity contribution in [3.63, 3.8) is 0 Å². The van der Waals surface area contributed by atoms with Gasteiger partial charge in [0.2, 0.25) is 5.91 Å². The van der Waals surface area contributed by atoms with Crippen molar-refractivity contribution in [2.45, 2.75) is 31.9 Å². The van der Waals surface area contributed by atoms with E-state index in [1.165, 1.54) is 34.6 Å². The zero-order valence-electron chi connectivity index (χ0n) is 14.4. The van der Waals surface area contributed by atoms with E-state index in [2.05, 4.69) is 4.74 Å². The first-order chi connectivity index (χ1) is 12.6. The zero-order chi connectivity index (χ0) is 20.2. The minimum atomic E-state index is -4.75. The smallest absolute Gasteiger partial charge is 0.406 e. The molecule has 0 radical (unpaired) electrons. The standard InChI is InChI=1S/C16H20F3N3O5/c1-10-9-21(11-2-4-12(5-3-11)27-16(17,18)19)6-7-22(10)14(24)8-13(23)15(25)20-26/h2-5,10,13,23,26H,6-9H2,1H3,(H,20,25)/t10-,13+/m1/s1. The molecule has 1 fully saturated rings.